The first-order chi connectivity index (χ1) is 13.5. The number of hydrogen-bond acceptors (Lipinski definition) is 4. The van der Waals surface area contributed by atoms with Crippen molar-refractivity contribution in [2.75, 3.05) is 5.32 Å². The van der Waals surface area contributed by atoms with Gasteiger partial charge in [-0.1, -0.05) is 12.1 Å². The molecule has 1 fully saturated rings. The van der Waals surface area contributed by atoms with Crippen LogP contribution in [0.1, 0.15) is 40.2 Å². The molecule has 0 atom stereocenters. The summed E-state index contributed by atoms with van der Waals surface area (Å²) in [4.78, 5) is 29.0. The first kappa shape index (κ1) is 18.4. The van der Waals surface area contributed by atoms with Gasteiger partial charge in [0.1, 0.15) is 0 Å². The summed E-state index contributed by atoms with van der Waals surface area (Å²) in [6.45, 7) is 4.29. The molecular formula is C21H22N4O2S. The molecule has 2 N–H and O–H groups in total. The minimum Gasteiger partial charge on any atom is -0.348 e. The van der Waals surface area contributed by atoms with Crippen LogP contribution in [-0.4, -0.2) is 21.4 Å². The summed E-state index contributed by atoms with van der Waals surface area (Å²) in [5, 5.41) is 8.69. The number of amides is 2. The Balaban J connectivity index is 1.43. The van der Waals surface area contributed by atoms with Gasteiger partial charge in [-0.05, 0) is 50.5 Å². The number of nitrogens with zero attached hydrogens (tertiary/aromatic N) is 2. The van der Waals surface area contributed by atoms with Crippen molar-refractivity contribution in [2.24, 2.45) is 5.92 Å². The van der Waals surface area contributed by atoms with E-state index in [1.54, 1.807) is 6.20 Å². The molecule has 0 unspecified atom stereocenters. The number of carbonyl (C=O) groups excluding carboxylic acids is 2. The van der Waals surface area contributed by atoms with Crippen LogP contribution in [0, 0.1) is 19.8 Å². The summed E-state index contributed by atoms with van der Waals surface area (Å²) < 4.78 is 1.99. The van der Waals surface area contributed by atoms with E-state index >= 15 is 0 Å². The molecule has 2 heterocycles. The van der Waals surface area contributed by atoms with Gasteiger partial charge in [0.2, 0.25) is 5.91 Å². The van der Waals surface area contributed by atoms with E-state index in [0.29, 0.717) is 12.1 Å². The predicted octanol–water partition coefficient (Wildman–Crippen LogP) is 3.83. The van der Waals surface area contributed by atoms with Crippen molar-refractivity contribution in [2.45, 2.75) is 33.2 Å². The van der Waals surface area contributed by atoms with Crippen molar-refractivity contribution in [3.05, 3.63) is 64.4 Å². The van der Waals surface area contributed by atoms with Crippen LogP contribution < -0.4 is 10.6 Å². The molecule has 28 heavy (non-hydrogen) atoms. The second-order valence-electron chi connectivity index (χ2n) is 7.08. The molecule has 0 radical (unpaired) electrons. The Bertz CT molecular complexity index is 1020. The second-order valence-corrected chi connectivity index (χ2v) is 7.95. The summed E-state index contributed by atoms with van der Waals surface area (Å²) >= 11 is 1.54. The van der Waals surface area contributed by atoms with E-state index in [-0.39, 0.29) is 17.7 Å². The average molecular weight is 395 g/mol. The van der Waals surface area contributed by atoms with Gasteiger partial charge < -0.3 is 10.6 Å². The highest BCUT2D eigenvalue weighted by Crippen LogP contribution is 2.30. The number of rotatable bonds is 6. The van der Waals surface area contributed by atoms with Crippen LogP contribution in [0.5, 0.6) is 0 Å². The maximum Gasteiger partial charge on any atom is 0.253 e. The fourth-order valence-corrected chi connectivity index (χ4v) is 3.99. The Morgan fingerprint density at radius 1 is 1.25 bits per heavy atom. The molecular weight excluding hydrogens is 372 g/mol. The van der Waals surface area contributed by atoms with Gasteiger partial charge in [-0.15, -0.1) is 11.3 Å². The monoisotopic (exact) mass is 394 g/mol. The zero-order valence-electron chi connectivity index (χ0n) is 15.9. The largest absolute Gasteiger partial charge is 0.348 e. The number of aromatic nitrogens is 2. The lowest BCUT2D eigenvalue weighted by Gasteiger charge is -2.09. The molecule has 1 saturated carbocycles. The highest BCUT2D eigenvalue weighted by Gasteiger charge is 2.29. The van der Waals surface area contributed by atoms with Gasteiger partial charge in [0, 0.05) is 41.1 Å². The first-order valence-electron chi connectivity index (χ1n) is 9.30. The van der Waals surface area contributed by atoms with Crippen LogP contribution in [0.3, 0.4) is 0 Å². The molecule has 144 valence electrons. The normalized spacial score (nSPS) is 13.4. The SMILES string of the molecule is Cc1cc(C(=O)NCc2cccc(NC(=O)C3CC3)c2)c(C)n1-c1nccs1. The van der Waals surface area contributed by atoms with Crippen molar-refractivity contribution in [3.8, 4) is 5.13 Å². The Morgan fingerprint density at radius 3 is 2.79 bits per heavy atom. The van der Waals surface area contributed by atoms with Crippen LogP contribution in [0.4, 0.5) is 5.69 Å². The maximum absolute atomic E-state index is 12.7. The fraction of sp³-hybridized carbons (Fsp3) is 0.286. The minimum atomic E-state index is -0.122. The first-order valence-corrected chi connectivity index (χ1v) is 10.2. The molecule has 1 aliphatic carbocycles. The molecule has 0 spiro atoms. The summed E-state index contributed by atoms with van der Waals surface area (Å²) in [6.07, 6.45) is 3.70. The van der Waals surface area contributed by atoms with E-state index in [9.17, 15) is 9.59 Å². The lowest BCUT2D eigenvalue weighted by Crippen LogP contribution is -2.23. The van der Waals surface area contributed by atoms with Gasteiger partial charge in [0.25, 0.3) is 5.91 Å². The van der Waals surface area contributed by atoms with Crippen LogP contribution in [0.25, 0.3) is 5.13 Å². The molecule has 2 aromatic heterocycles. The Kier molecular flexibility index (Phi) is 5.00. The Morgan fingerprint density at radius 2 is 2.07 bits per heavy atom. The molecule has 0 saturated heterocycles. The predicted molar refractivity (Wildman–Crippen MR) is 110 cm³/mol. The summed E-state index contributed by atoms with van der Waals surface area (Å²) in [5.41, 5.74) is 4.20. The number of aryl methyl sites for hydroxylation is 1. The van der Waals surface area contributed by atoms with Gasteiger partial charge in [-0.3, -0.25) is 14.2 Å². The summed E-state index contributed by atoms with van der Waals surface area (Å²) in [6, 6.07) is 9.48. The van der Waals surface area contributed by atoms with E-state index < -0.39 is 0 Å². The van der Waals surface area contributed by atoms with Crippen LogP contribution in [0.2, 0.25) is 0 Å². The van der Waals surface area contributed by atoms with Gasteiger partial charge >= 0.3 is 0 Å². The molecule has 6 nitrogen and oxygen atoms in total. The number of hydrogen-bond donors (Lipinski definition) is 2. The number of thiazole rings is 1. The lowest BCUT2D eigenvalue weighted by molar-refractivity contribution is -0.117. The molecule has 1 aromatic carbocycles. The third kappa shape index (κ3) is 3.84. The van der Waals surface area contributed by atoms with E-state index in [1.807, 2.05) is 54.1 Å². The van der Waals surface area contributed by atoms with E-state index in [2.05, 4.69) is 15.6 Å². The number of benzene rings is 1. The fourth-order valence-electron chi connectivity index (χ4n) is 3.24. The highest BCUT2D eigenvalue weighted by atomic mass is 32.1. The number of carbonyl (C=O) groups is 2. The maximum atomic E-state index is 12.7. The van der Waals surface area contributed by atoms with Crippen LogP contribution in [0.15, 0.2) is 41.9 Å². The standard InChI is InChI=1S/C21H22N4O2S/c1-13-10-18(14(2)25(13)21-22-8-9-28-21)20(27)23-12-15-4-3-5-17(11-15)24-19(26)16-6-7-16/h3-5,8-11,16H,6-7,12H2,1-2H3,(H,23,27)(H,24,26). The van der Waals surface area contributed by atoms with Gasteiger partial charge in [-0.25, -0.2) is 4.98 Å². The van der Waals surface area contributed by atoms with E-state index in [1.165, 1.54) is 11.3 Å². The molecule has 1 aliphatic rings. The third-order valence-corrected chi connectivity index (χ3v) is 5.64. The highest BCUT2D eigenvalue weighted by molar-refractivity contribution is 7.12. The van der Waals surface area contributed by atoms with Gasteiger partial charge in [-0.2, -0.15) is 0 Å². The molecule has 7 heteroatoms. The second kappa shape index (κ2) is 7.59. The average Bonchev–Trinajstić information content (AvgIpc) is 3.32. The smallest absolute Gasteiger partial charge is 0.253 e. The third-order valence-electron chi connectivity index (χ3n) is 4.88. The minimum absolute atomic E-state index is 0.0795. The zero-order chi connectivity index (χ0) is 19.7. The van der Waals surface area contributed by atoms with Crippen molar-refractivity contribution in [3.63, 3.8) is 0 Å². The van der Waals surface area contributed by atoms with Gasteiger partial charge in [0.05, 0.1) is 5.56 Å². The molecule has 3 aromatic rings. The van der Waals surface area contributed by atoms with Crippen LogP contribution in [-0.2, 0) is 11.3 Å². The molecule has 0 bridgehead atoms. The van der Waals surface area contributed by atoms with Crippen molar-refractivity contribution in [1.29, 1.82) is 0 Å². The van der Waals surface area contributed by atoms with E-state index in [4.69, 9.17) is 0 Å². The molecule has 4 rings (SSSR count). The van der Waals surface area contributed by atoms with Crippen molar-refractivity contribution < 1.29 is 9.59 Å². The van der Waals surface area contributed by atoms with Crippen molar-refractivity contribution in [1.82, 2.24) is 14.9 Å². The van der Waals surface area contributed by atoms with Gasteiger partial charge in [0.15, 0.2) is 5.13 Å². The number of anilines is 1. The zero-order valence-corrected chi connectivity index (χ0v) is 16.7. The van der Waals surface area contributed by atoms with Crippen molar-refractivity contribution >= 4 is 28.8 Å². The number of nitrogens with one attached hydrogen (secondary N) is 2. The van der Waals surface area contributed by atoms with E-state index in [0.717, 1.165) is 40.6 Å². The summed E-state index contributed by atoms with van der Waals surface area (Å²) in [5.74, 6) is 0.121. The summed E-state index contributed by atoms with van der Waals surface area (Å²) in [7, 11) is 0. The molecule has 0 aliphatic heterocycles. The molecule has 2 amide bonds. The van der Waals surface area contributed by atoms with Crippen LogP contribution >= 0.6 is 11.3 Å². The quantitative estimate of drug-likeness (QED) is 0.667. The lowest BCUT2D eigenvalue weighted by atomic mass is 10.1. The Hall–Kier alpha value is -2.93. The topological polar surface area (TPSA) is 76.0 Å². The Labute approximate surface area is 167 Å².